The summed E-state index contributed by atoms with van der Waals surface area (Å²) in [6.45, 7) is 4.96. The van der Waals surface area contributed by atoms with Crippen LogP contribution in [0.2, 0.25) is 0 Å². The summed E-state index contributed by atoms with van der Waals surface area (Å²) in [6, 6.07) is 8.79. The van der Waals surface area contributed by atoms with Crippen LogP contribution < -0.4 is 10.6 Å². The molecule has 2 unspecified atom stereocenters. The molecular formula is C16H26N2O. The fourth-order valence-corrected chi connectivity index (χ4v) is 2.84. The van der Waals surface area contributed by atoms with Crippen molar-refractivity contribution in [3.8, 4) is 0 Å². The summed E-state index contributed by atoms with van der Waals surface area (Å²) in [4.78, 5) is 2.36. The first-order valence-corrected chi connectivity index (χ1v) is 7.29. The highest BCUT2D eigenvalue weighted by Gasteiger charge is 2.17. The molecule has 19 heavy (non-hydrogen) atoms. The smallest absolute Gasteiger partial charge is 0.0511 e. The standard InChI is InChI=1S/C16H26N2O/c1-13(17)10-15-7-3-4-8-16(15)18(2)11-14-6-5-9-19-12-14/h3-4,7-8,13-14H,5-6,9-12,17H2,1-2H3. The van der Waals surface area contributed by atoms with E-state index in [0.717, 1.165) is 26.2 Å². The largest absolute Gasteiger partial charge is 0.381 e. The Morgan fingerprint density at radius 2 is 2.21 bits per heavy atom. The summed E-state index contributed by atoms with van der Waals surface area (Å²) in [5.41, 5.74) is 8.59. The number of ether oxygens (including phenoxy) is 1. The average Bonchev–Trinajstić information content (AvgIpc) is 2.39. The molecule has 0 amide bonds. The van der Waals surface area contributed by atoms with Gasteiger partial charge >= 0.3 is 0 Å². The van der Waals surface area contributed by atoms with Crippen molar-refractivity contribution in [3.05, 3.63) is 29.8 Å². The van der Waals surface area contributed by atoms with Crippen LogP contribution in [0.3, 0.4) is 0 Å². The number of anilines is 1. The molecule has 3 heteroatoms. The molecule has 0 saturated carbocycles. The Balaban J connectivity index is 2.02. The maximum atomic E-state index is 5.94. The Morgan fingerprint density at radius 1 is 1.42 bits per heavy atom. The van der Waals surface area contributed by atoms with Gasteiger partial charge in [0, 0.05) is 31.9 Å². The van der Waals surface area contributed by atoms with Gasteiger partial charge in [-0.2, -0.15) is 0 Å². The number of para-hydroxylation sites is 1. The van der Waals surface area contributed by atoms with Crippen LogP contribution in [-0.2, 0) is 11.2 Å². The number of rotatable bonds is 5. The second-order valence-corrected chi connectivity index (χ2v) is 5.77. The van der Waals surface area contributed by atoms with Gasteiger partial charge in [0.2, 0.25) is 0 Å². The van der Waals surface area contributed by atoms with E-state index in [-0.39, 0.29) is 6.04 Å². The van der Waals surface area contributed by atoms with E-state index in [1.54, 1.807) is 0 Å². The highest BCUT2D eigenvalue weighted by atomic mass is 16.5. The molecule has 1 heterocycles. The molecule has 0 aromatic heterocycles. The van der Waals surface area contributed by atoms with Crippen LogP contribution in [0.4, 0.5) is 5.69 Å². The van der Waals surface area contributed by atoms with Gasteiger partial charge in [0.15, 0.2) is 0 Å². The maximum Gasteiger partial charge on any atom is 0.0511 e. The quantitative estimate of drug-likeness (QED) is 0.886. The van der Waals surface area contributed by atoms with Crippen molar-refractivity contribution < 1.29 is 4.74 Å². The van der Waals surface area contributed by atoms with Gasteiger partial charge in [0.25, 0.3) is 0 Å². The zero-order valence-corrected chi connectivity index (χ0v) is 12.1. The van der Waals surface area contributed by atoms with Gasteiger partial charge in [-0.15, -0.1) is 0 Å². The lowest BCUT2D eigenvalue weighted by atomic mass is 10.00. The molecule has 2 N–H and O–H groups in total. The third kappa shape index (κ3) is 4.22. The van der Waals surface area contributed by atoms with Crippen molar-refractivity contribution >= 4 is 5.69 Å². The third-order valence-corrected chi connectivity index (χ3v) is 3.73. The molecular weight excluding hydrogens is 236 g/mol. The molecule has 2 atom stereocenters. The van der Waals surface area contributed by atoms with Gasteiger partial charge < -0.3 is 15.4 Å². The Bertz CT molecular complexity index is 386. The predicted octanol–water partition coefficient (Wildman–Crippen LogP) is 2.44. The fourth-order valence-electron chi connectivity index (χ4n) is 2.84. The van der Waals surface area contributed by atoms with Gasteiger partial charge in [0.05, 0.1) is 6.61 Å². The summed E-state index contributed by atoms with van der Waals surface area (Å²) in [5, 5.41) is 0. The first kappa shape index (κ1) is 14.4. The van der Waals surface area contributed by atoms with Crippen molar-refractivity contribution in [2.45, 2.75) is 32.2 Å². The van der Waals surface area contributed by atoms with Gasteiger partial charge in [-0.3, -0.25) is 0 Å². The number of nitrogens with zero attached hydrogens (tertiary/aromatic N) is 1. The Morgan fingerprint density at radius 3 is 2.89 bits per heavy atom. The monoisotopic (exact) mass is 262 g/mol. The number of hydrogen-bond acceptors (Lipinski definition) is 3. The Hall–Kier alpha value is -1.06. The van der Waals surface area contributed by atoms with Crippen LogP contribution >= 0.6 is 0 Å². The lowest BCUT2D eigenvalue weighted by Crippen LogP contribution is -2.31. The van der Waals surface area contributed by atoms with Crippen molar-refractivity contribution in [1.82, 2.24) is 0 Å². The second-order valence-electron chi connectivity index (χ2n) is 5.77. The van der Waals surface area contributed by atoms with Crippen LogP contribution in [0.15, 0.2) is 24.3 Å². The molecule has 0 radical (unpaired) electrons. The zero-order valence-electron chi connectivity index (χ0n) is 12.1. The van der Waals surface area contributed by atoms with E-state index >= 15 is 0 Å². The Labute approximate surface area is 116 Å². The van der Waals surface area contributed by atoms with E-state index in [0.29, 0.717) is 5.92 Å². The molecule has 1 aliphatic rings. The van der Waals surface area contributed by atoms with Crippen molar-refractivity contribution in [2.75, 3.05) is 31.7 Å². The molecule has 0 aliphatic carbocycles. The van der Waals surface area contributed by atoms with E-state index in [1.165, 1.54) is 24.1 Å². The molecule has 0 bridgehead atoms. The fraction of sp³-hybridized carbons (Fsp3) is 0.625. The molecule has 1 saturated heterocycles. The second kappa shape index (κ2) is 6.92. The SMILES string of the molecule is CC(N)Cc1ccccc1N(C)CC1CCCOC1. The number of benzene rings is 1. The minimum Gasteiger partial charge on any atom is -0.381 e. The van der Waals surface area contributed by atoms with E-state index in [4.69, 9.17) is 10.5 Å². The lowest BCUT2D eigenvalue weighted by molar-refractivity contribution is 0.0576. The maximum absolute atomic E-state index is 5.94. The molecule has 1 fully saturated rings. The van der Waals surface area contributed by atoms with E-state index in [9.17, 15) is 0 Å². The highest BCUT2D eigenvalue weighted by molar-refractivity contribution is 5.53. The average molecular weight is 262 g/mol. The summed E-state index contributed by atoms with van der Waals surface area (Å²) in [6.07, 6.45) is 3.40. The molecule has 1 aromatic carbocycles. The van der Waals surface area contributed by atoms with Gasteiger partial charge in [0.1, 0.15) is 0 Å². The minimum atomic E-state index is 0.201. The van der Waals surface area contributed by atoms with Crippen LogP contribution in [0.5, 0.6) is 0 Å². The predicted molar refractivity (Wildman–Crippen MR) is 80.6 cm³/mol. The summed E-state index contributed by atoms with van der Waals surface area (Å²) >= 11 is 0. The molecule has 1 aliphatic heterocycles. The molecule has 1 aromatic rings. The van der Waals surface area contributed by atoms with Crippen molar-refractivity contribution in [2.24, 2.45) is 11.7 Å². The number of hydrogen-bond donors (Lipinski definition) is 1. The first-order chi connectivity index (χ1) is 9.16. The van der Waals surface area contributed by atoms with Crippen LogP contribution in [0.1, 0.15) is 25.3 Å². The molecule has 3 nitrogen and oxygen atoms in total. The Kier molecular flexibility index (Phi) is 5.23. The van der Waals surface area contributed by atoms with Crippen molar-refractivity contribution in [1.29, 1.82) is 0 Å². The minimum absolute atomic E-state index is 0.201. The zero-order chi connectivity index (χ0) is 13.7. The van der Waals surface area contributed by atoms with Gasteiger partial charge in [-0.1, -0.05) is 18.2 Å². The summed E-state index contributed by atoms with van der Waals surface area (Å²) in [7, 11) is 2.18. The van der Waals surface area contributed by atoms with Gasteiger partial charge in [-0.05, 0) is 43.7 Å². The topological polar surface area (TPSA) is 38.5 Å². The normalized spacial score (nSPS) is 21.1. The van der Waals surface area contributed by atoms with E-state index < -0.39 is 0 Å². The van der Waals surface area contributed by atoms with Crippen LogP contribution in [-0.4, -0.2) is 32.8 Å². The van der Waals surface area contributed by atoms with E-state index in [1.807, 2.05) is 0 Å². The first-order valence-electron chi connectivity index (χ1n) is 7.29. The molecule has 106 valence electrons. The van der Waals surface area contributed by atoms with Crippen LogP contribution in [0.25, 0.3) is 0 Å². The third-order valence-electron chi connectivity index (χ3n) is 3.73. The van der Waals surface area contributed by atoms with Crippen LogP contribution in [0, 0.1) is 5.92 Å². The summed E-state index contributed by atoms with van der Waals surface area (Å²) < 4.78 is 5.57. The molecule has 2 rings (SSSR count). The van der Waals surface area contributed by atoms with Gasteiger partial charge in [-0.25, -0.2) is 0 Å². The molecule has 0 spiro atoms. The number of nitrogens with two attached hydrogens (primary N) is 1. The van der Waals surface area contributed by atoms with Crippen molar-refractivity contribution in [3.63, 3.8) is 0 Å². The lowest BCUT2D eigenvalue weighted by Gasteiger charge is -2.30. The highest BCUT2D eigenvalue weighted by Crippen LogP contribution is 2.23. The summed E-state index contributed by atoms with van der Waals surface area (Å²) in [5.74, 6) is 0.655. The van der Waals surface area contributed by atoms with E-state index in [2.05, 4.69) is 43.1 Å².